The molecule has 3 nitrogen and oxygen atoms in total. The summed E-state index contributed by atoms with van der Waals surface area (Å²) in [5.74, 6) is -0.220. The topological polar surface area (TPSA) is 23.6 Å². The van der Waals surface area contributed by atoms with Crippen molar-refractivity contribution in [3.8, 4) is 0 Å². The van der Waals surface area contributed by atoms with Crippen molar-refractivity contribution in [1.29, 1.82) is 0 Å². The van der Waals surface area contributed by atoms with Gasteiger partial charge in [0.2, 0.25) is 0 Å². The zero-order valence-electron chi connectivity index (χ0n) is 11.6. The number of piperazine rings is 1. The molecule has 1 amide bonds. The number of benzene rings is 1. The lowest BCUT2D eigenvalue weighted by Gasteiger charge is -2.34. The molecule has 6 heteroatoms. The maximum atomic E-state index is 12.5. The van der Waals surface area contributed by atoms with Crippen LogP contribution in [0, 0.1) is 0 Å². The van der Waals surface area contributed by atoms with Crippen LogP contribution in [0.4, 0.5) is 13.2 Å². The van der Waals surface area contributed by atoms with E-state index >= 15 is 0 Å². The standard InChI is InChI=1S/C15H17F3N2O/c1-2-7-19-8-10-20(11-9-19)14(21)12-3-5-13(6-4-12)15(16,17)18/h2-6H,1,7-11H2. The van der Waals surface area contributed by atoms with E-state index in [0.717, 1.165) is 31.8 Å². The van der Waals surface area contributed by atoms with E-state index < -0.39 is 11.7 Å². The number of carbonyl (C=O) groups is 1. The van der Waals surface area contributed by atoms with Gasteiger partial charge in [-0.2, -0.15) is 13.2 Å². The Balaban J connectivity index is 1.99. The van der Waals surface area contributed by atoms with E-state index in [4.69, 9.17) is 0 Å². The summed E-state index contributed by atoms with van der Waals surface area (Å²) in [5, 5.41) is 0. The van der Waals surface area contributed by atoms with E-state index in [1.54, 1.807) is 4.90 Å². The Morgan fingerprint density at radius 1 is 1.14 bits per heavy atom. The number of hydrogen-bond donors (Lipinski definition) is 0. The molecule has 1 saturated heterocycles. The van der Waals surface area contributed by atoms with Crippen molar-refractivity contribution in [2.45, 2.75) is 6.18 Å². The van der Waals surface area contributed by atoms with Crippen molar-refractivity contribution >= 4 is 5.91 Å². The fourth-order valence-corrected chi connectivity index (χ4v) is 2.30. The SMILES string of the molecule is C=CCN1CCN(C(=O)c2ccc(C(F)(F)F)cc2)CC1. The summed E-state index contributed by atoms with van der Waals surface area (Å²) >= 11 is 0. The largest absolute Gasteiger partial charge is 0.416 e. The highest BCUT2D eigenvalue weighted by Gasteiger charge is 2.30. The van der Waals surface area contributed by atoms with Gasteiger partial charge < -0.3 is 4.90 Å². The fraction of sp³-hybridized carbons (Fsp3) is 0.400. The molecule has 0 atom stereocenters. The second kappa shape index (κ2) is 6.30. The third-order valence-electron chi connectivity index (χ3n) is 3.51. The molecule has 0 aliphatic carbocycles. The summed E-state index contributed by atoms with van der Waals surface area (Å²) < 4.78 is 37.4. The van der Waals surface area contributed by atoms with Crippen LogP contribution in [0.15, 0.2) is 36.9 Å². The first-order valence-corrected chi connectivity index (χ1v) is 6.71. The molecule has 0 bridgehead atoms. The molecule has 1 aromatic carbocycles. The smallest absolute Gasteiger partial charge is 0.336 e. The van der Waals surface area contributed by atoms with E-state index in [1.165, 1.54) is 12.1 Å². The molecule has 1 heterocycles. The highest BCUT2D eigenvalue weighted by molar-refractivity contribution is 5.94. The average Bonchev–Trinajstić information content (AvgIpc) is 2.47. The van der Waals surface area contributed by atoms with Crippen LogP contribution in [-0.4, -0.2) is 48.4 Å². The highest BCUT2D eigenvalue weighted by atomic mass is 19.4. The van der Waals surface area contributed by atoms with Crippen LogP contribution in [0.25, 0.3) is 0 Å². The number of alkyl halides is 3. The minimum atomic E-state index is -4.38. The van der Waals surface area contributed by atoms with Gasteiger partial charge in [-0.15, -0.1) is 6.58 Å². The second-order valence-corrected chi connectivity index (χ2v) is 4.96. The molecule has 114 valence electrons. The molecule has 2 rings (SSSR count). The van der Waals surface area contributed by atoms with Crippen molar-refractivity contribution < 1.29 is 18.0 Å². The zero-order chi connectivity index (χ0) is 15.5. The Labute approximate surface area is 121 Å². The van der Waals surface area contributed by atoms with Crippen molar-refractivity contribution in [2.24, 2.45) is 0 Å². The maximum Gasteiger partial charge on any atom is 0.416 e. The van der Waals surface area contributed by atoms with Gasteiger partial charge in [-0.05, 0) is 24.3 Å². The number of rotatable bonds is 3. The predicted molar refractivity (Wildman–Crippen MR) is 74.0 cm³/mol. The summed E-state index contributed by atoms with van der Waals surface area (Å²) in [5.41, 5.74) is -0.449. The van der Waals surface area contributed by atoms with E-state index in [0.29, 0.717) is 18.7 Å². The van der Waals surface area contributed by atoms with Crippen LogP contribution in [0.5, 0.6) is 0 Å². The van der Waals surface area contributed by atoms with Crippen molar-refractivity contribution in [2.75, 3.05) is 32.7 Å². The van der Waals surface area contributed by atoms with Crippen LogP contribution < -0.4 is 0 Å². The van der Waals surface area contributed by atoms with Crippen LogP contribution >= 0.6 is 0 Å². The summed E-state index contributed by atoms with van der Waals surface area (Å²) in [7, 11) is 0. The van der Waals surface area contributed by atoms with E-state index in [1.807, 2.05) is 6.08 Å². The average molecular weight is 298 g/mol. The number of nitrogens with zero attached hydrogens (tertiary/aromatic N) is 2. The first kappa shape index (κ1) is 15.6. The zero-order valence-corrected chi connectivity index (χ0v) is 11.6. The quantitative estimate of drug-likeness (QED) is 0.801. The number of hydrogen-bond acceptors (Lipinski definition) is 2. The molecule has 0 saturated carbocycles. The molecule has 0 aromatic heterocycles. The van der Waals surface area contributed by atoms with Crippen molar-refractivity contribution in [1.82, 2.24) is 9.80 Å². The first-order valence-electron chi connectivity index (χ1n) is 6.71. The molecular weight excluding hydrogens is 281 g/mol. The Morgan fingerprint density at radius 3 is 2.19 bits per heavy atom. The molecule has 21 heavy (non-hydrogen) atoms. The van der Waals surface area contributed by atoms with Gasteiger partial charge in [-0.3, -0.25) is 9.69 Å². The third kappa shape index (κ3) is 3.85. The fourth-order valence-electron chi connectivity index (χ4n) is 2.30. The number of carbonyl (C=O) groups excluding carboxylic acids is 1. The molecule has 0 unspecified atom stereocenters. The number of amides is 1. The van der Waals surface area contributed by atoms with Gasteiger partial charge in [-0.1, -0.05) is 6.08 Å². The Hall–Kier alpha value is -1.82. The third-order valence-corrected chi connectivity index (χ3v) is 3.51. The van der Waals surface area contributed by atoms with E-state index in [9.17, 15) is 18.0 Å². The van der Waals surface area contributed by atoms with E-state index in [-0.39, 0.29) is 5.91 Å². The summed E-state index contributed by atoms with van der Waals surface area (Å²) in [6.45, 7) is 7.10. The Morgan fingerprint density at radius 2 is 1.71 bits per heavy atom. The summed E-state index contributed by atoms with van der Waals surface area (Å²) in [6.07, 6.45) is -2.56. The highest BCUT2D eigenvalue weighted by Crippen LogP contribution is 2.29. The number of halogens is 3. The normalized spacial score (nSPS) is 16.8. The van der Waals surface area contributed by atoms with Gasteiger partial charge >= 0.3 is 6.18 Å². The van der Waals surface area contributed by atoms with Gasteiger partial charge in [0, 0.05) is 38.3 Å². The van der Waals surface area contributed by atoms with Crippen LogP contribution in [-0.2, 0) is 6.18 Å². The maximum absolute atomic E-state index is 12.5. The van der Waals surface area contributed by atoms with Crippen LogP contribution in [0.3, 0.4) is 0 Å². The Bertz CT molecular complexity index is 503. The van der Waals surface area contributed by atoms with Crippen LogP contribution in [0.2, 0.25) is 0 Å². The first-order chi connectivity index (χ1) is 9.91. The molecule has 1 aliphatic rings. The van der Waals surface area contributed by atoms with Crippen LogP contribution in [0.1, 0.15) is 15.9 Å². The molecule has 1 aromatic rings. The van der Waals surface area contributed by atoms with Gasteiger partial charge in [0.1, 0.15) is 0 Å². The minimum Gasteiger partial charge on any atom is -0.336 e. The molecule has 0 spiro atoms. The lowest BCUT2D eigenvalue weighted by molar-refractivity contribution is -0.137. The molecule has 0 N–H and O–H groups in total. The van der Waals surface area contributed by atoms with Gasteiger partial charge in [-0.25, -0.2) is 0 Å². The van der Waals surface area contributed by atoms with Gasteiger partial charge in [0.15, 0.2) is 0 Å². The summed E-state index contributed by atoms with van der Waals surface area (Å²) in [4.78, 5) is 16.1. The molecular formula is C15H17F3N2O. The van der Waals surface area contributed by atoms with Gasteiger partial charge in [0.05, 0.1) is 5.56 Å². The predicted octanol–water partition coefficient (Wildman–Crippen LogP) is 2.65. The molecule has 0 radical (unpaired) electrons. The van der Waals surface area contributed by atoms with E-state index in [2.05, 4.69) is 11.5 Å². The lowest BCUT2D eigenvalue weighted by Crippen LogP contribution is -2.48. The van der Waals surface area contributed by atoms with Crippen molar-refractivity contribution in [3.05, 3.63) is 48.0 Å². The monoisotopic (exact) mass is 298 g/mol. The Kier molecular flexibility index (Phi) is 4.67. The van der Waals surface area contributed by atoms with Crippen molar-refractivity contribution in [3.63, 3.8) is 0 Å². The minimum absolute atomic E-state index is 0.220. The van der Waals surface area contributed by atoms with Gasteiger partial charge in [0.25, 0.3) is 5.91 Å². The summed E-state index contributed by atoms with van der Waals surface area (Å²) in [6, 6.07) is 4.37. The lowest BCUT2D eigenvalue weighted by atomic mass is 10.1. The molecule has 1 aliphatic heterocycles. The second-order valence-electron chi connectivity index (χ2n) is 4.96. The molecule has 1 fully saturated rings.